The number of aliphatic hydroxyl groups is 1. The summed E-state index contributed by atoms with van der Waals surface area (Å²) in [5, 5.41) is 10.7. The first kappa shape index (κ1) is 12.9. The second-order valence-corrected chi connectivity index (χ2v) is 7.26. The van der Waals surface area contributed by atoms with Gasteiger partial charge in [-0.2, -0.15) is 0 Å². The number of rotatable bonds is 5. The van der Waals surface area contributed by atoms with Crippen molar-refractivity contribution in [3.8, 4) is 0 Å². The van der Waals surface area contributed by atoms with Gasteiger partial charge in [-0.1, -0.05) is 6.92 Å². The smallest absolute Gasteiger partial charge is 0.0600 e. The lowest BCUT2D eigenvalue weighted by Crippen LogP contribution is -2.50. The van der Waals surface area contributed by atoms with Crippen LogP contribution in [-0.2, 0) is 4.74 Å². The monoisotopic (exact) mass is 252 g/mol. The molecule has 0 radical (unpaired) electrons. The zero-order valence-electron chi connectivity index (χ0n) is 11.8. The Kier molecular flexibility index (Phi) is 3.68. The lowest BCUT2D eigenvalue weighted by molar-refractivity contribution is -0.106. The maximum atomic E-state index is 10.7. The van der Waals surface area contributed by atoms with Crippen LogP contribution in [0.15, 0.2) is 0 Å². The molecule has 4 bridgehead atoms. The van der Waals surface area contributed by atoms with Gasteiger partial charge in [-0.3, -0.25) is 0 Å². The van der Waals surface area contributed by atoms with E-state index in [1.165, 1.54) is 32.1 Å². The van der Waals surface area contributed by atoms with Crippen LogP contribution in [0.4, 0.5) is 0 Å². The molecular formula is C16H28O2. The van der Waals surface area contributed by atoms with E-state index in [2.05, 4.69) is 6.92 Å². The van der Waals surface area contributed by atoms with E-state index < -0.39 is 0 Å². The molecule has 2 unspecified atom stereocenters. The molecule has 4 saturated carbocycles. The molecule has 1 N–H and O–H groups in total. The van der Waals surface area contributed by atoms with Crippen LogP contribution in [-0.4, -0.2) is 24.9 Å². The van der Waals surface area contributed by atoms with Gasteiger partial charge in [0.05, 0.1) is 6.10 Å². The molecule has 2 atom stereocenters. The number of methoxy groups -OCH3 is 1. The van der Waals surface area contributed by atoms with E-state index in [0.29, 0.717) is 11.8 Å². The molecule has 2 nitrogen and oxygen atoms in total. The van der Waals surface area contributed by atoms with Crippen LogP contribution < -0.4 is 0 Å². The first-order chi connectivity index (χ1) is 8.69. The van der Waals surface area contributed by atoms with E-state index in [1.54, 1.807) is 7.11 Å². The summed E-state index contributed by atoms with van der Waals surface area (Å²) < 4.78 is 5.16. The fraction of sp³-hybridized carbons (Fsp3) is 1.00. The highest BCUT2D eigenvalue weighted by molar-refractivity contribution is 5.00. The van der Waals surface area contributed by atoms with Gasteiger partial charge in [0, 0.05) is 13.7 Å². The summed E-state index contributed by atoms with van der Waals surface area (Å²) in [5.74, 6) is 4.68. The second-order valence-electron chi connectivity index (χ2n) is 7.26. The Morgan fingerprint density at radius 3 is 2.11 bits per heavy atom. The minimum Gasteiger partial charge on any atom is -0.393 e. The number of hydrogen-bond acceptors (Lipinski definition) is 2. The summed E-state index contributed by atoms with van der Waals surface area (Å²) in [6, 6.07) is 0. The first-order valence-corrected chi connectivity index (χ1v) is 7.86. The molecule has 2 heteroatoms. The van der Waals surface area contributed by atoms with Crippen molar-refractivity contribution in [2.45, 2.75) is 51.6 Å². The van der Waals surface area contributed by atoms with Crippen LogP contribution >= 0.6 is 0 Å². The van der Waals surface area contributed by atoms with Crippen LogP contribution in [0.1, 0.15) is 45.4 Å². The molecule has 104 valence electrons. The van der Waals surface area contributed by atoms with Crippen LogP contribution in [0, 0.1) is 35.5 Å². The van der Waals surface area contributed by atoms with Crippen LogP contribution in [0.2, 0.25) is 0 Å². The average Bonchev–Trinajstić information content (AvgIpc) is 2.34. The van der Waals surface area contributed by atoms with Crippen molar-refractivity contribution in [2.24, 2.45) is 35.5 Å². The Hall–Kier alpha value is -0.0800. The van der Waals surface area contributed by atoms with Crippen molar-refractivity contribution in [3.05, 3.63) is 0 Å². The second kappa shape index (κ2) is 5.13. The minimum absolute atomic E-state index is 0.0878. The van der Waals surface area contributed by atoms with Gasteiger partial charge in [-0.05, 0) is 74.0 Å². The lowest BCUT2D eigenvalue weighted by atomic mass is 9.50. The third kappa shape index (κ3) is 2.22. The van der Waals surface area contributed by atoms with Crippen LogP contribution in [0.5, 0.6) is 0 Å². The standard InChI is InChI=1S/C16H28O2/c1-10(3-4-18-2)16(17)15-13-6-11-5-12(8-13)9-14(15)7-11/h10-17H,3-9H2,1-2H3. The zero-order valence-corrected chi connectivity index (χ0v) is 11.8. The van der Waals surface area contributed by atoms with Gasteiger partial charge < -0.3 is 9.84 Å². The molecular weight excluding hydrogens is 224 g/mol. The summed E-state index contributed by atoms with van der Waals surface area (Å²) in [6.45, 7) is 2.99. The largest absolute Gasteiger partial charge is 0.393 e. The Balaban J connectivity index is 1.65. The van der Waals surface area contributed by atoms with Crippen molar-refractivity contribution in [3.63, 3.8) is 0 Å². The van der Waals surface area contributed by atoms with E-state index in [-0.39, 0.29) is 6.10 Å². The lowest BCUT2D eigenvalue weighted by Gasteiger charge is -2.56. The first-order valence-electron chi connectivity index (χ1n) is 7.86. The molecule has 18 heavy (non-hydrogen) atoms. The van der Waals surface area contributed by atoms with Crippen molar-refractivity contribution >= 4 is 0 Å². The molecule has 0 amide bonds. The topological polar surface area (TPSA) is 29.5 Å². The maximum absolute atomic E-state index is 10.7. The number of hydrogen-bond donors (Lipinski definition) is 1. The highest BCUT2D eigenvalue weighted by Crippen LogP contribution is 2.57. The van der Waals surface area contributed by atoms with Crippen molar-refractivity contribution in [1.82, 2.24) is 0 Å². The molecule has 0 spiro atoms. The summed E-state index contributed by atoms with van der Waals surface area (Å²) in [7, 11) is 1.75. The fourth-order valence-electron chi connectivity index (χ4n) is 5.38. The summed E-state index contributed by atoms with van der Waals surface area (Å²) in [4.78, 5) is 0. The Morgan fingerprint density at radius 1 is 1.06 bits per heavy atom. The fourth-order valence-corrected chi connectivity index (χ4v) is 5.38. The quantitative estimate of drug-likeness (QED) is 0.814. The highest BCUT2D eigenvalue weighted by Gasteiger charge is 2.50. The van der Waals surface area contributed by atoms with Crippen molar-refractivity contribution in [1.29, 1.82) is 0 Å². The van der Waals surface area contributed by atoms with E-state index in [1.807, 2.05) is 0 Å². The van der Waals surface area contributed by atoms with Gasteiger partial charge in [0.25, 0.3) is 0 Å². The predicted molar refractivity (Wildman–Crippen MR) is 72.2 cm³/mol. The molecule has 0 heterocycles. The summed E-state index contributed by atoms with van der Waals surface area (Å²) in [6.07, 6.45) is 8.04. The normalized spacial score (nSPS) is 45.2. The number of aliphatic hydroxyl groups excluding tert-OH is 1. The van der Waals surface area contributed by atoms with Gasteiger partial charge >= 0.3 is 0 Å². The number of ether oxygens (including phenoxy) is 1. The Bertz CT molecular complexity index is 261. The van der Waals surface area contributed by atoms with Gasteiger partial charge in [-0.25, -0.2) is 0 Å². The molecule has 0 aromatic carbocycles. The van der Waals surface area contributed by atoms with Crippen LogP contribution in [0.3, 0.4) is 0 Å². The molecule has 0 saturated heterocycles. The third-order valence-corrected chi connectivity index (χ3v) is 6.05. The average molecular weight is 252 g/mol. The predicted octanol–water partition coefficient (Wildman–Crippen LogP) is 3.09. The zero-order chi connectivity index (χ0) is 12.7. The van der Waals surface area contributed by atoms with Gasteiger partial charge in [-0.15, -0.1) is 0 Å². The highest BCUT2D eigenvalue weighted by atomic mass is 16.5. The molecule has 4 rings (SSSR count). The maximum Gasteiger partial charge on any atom is 0.0600 e. The summed E-state index contributed by atoms with van der Waals surface area (Å²) in [5.41, 5.74) is 0. The van der Waals surface area contributed by atoms with Gasteiger partial charge in [0.1, 0.15) is 0 Å². The molecule has 0 aliphatic heterocycles. The minimum atomic E-state index is -0.0878. The van der Waals surface area contributed by atoms with E-state index in [9.17, 15) is 5.11 Å². The van der Waals surface area contributed by atoms with Crippen LogP contribution in [0.25, 0.3) is 0 Å². The Labute approximate surface area is 111 Å². The molecule has 4 aliphatic rings. The van der Waals surface area contributed by atoms with Crippen molar-refractivity contribution < 1.29 is 9.84 Å². The van der Waals surface area contributed by atoms with Gasteiger partial charge in [0.15, 0.2) is 0 Å². The van der Waals surface area contributed by atoms with Gasteiger partial charge in [0.2, 0.25) is 0 Å². The molecule has 4 fully saturated rings. The third-order valence-electron chi connectivity index (χ3n) is 6.05. The van der Waals surface area contributed by atoms with Crippen molar-refractivity contribution in [2.75, 3.05) is 13.7 Å². The van der Waals surface area contributed by atoms with E-state index in [4.69, 9.17) is 4.74 Å². The molecule has 0 aromatic rings. The van der Waals surface area contributed by atoms with E-state index in [0.717, 1.165) is 36.7 Å². The summed E-state index contributed by atoms with van der Waals surface area (Å²) >= 11 is 0. The Morgan fingerprint density at radius 2 is 1.61 bits per heavy atom. The van der Waals surface area contributed by atoms with E-state index >= 15 is 0 Å². The SMILES string of the molecule is COCCC(C)C(O)C1C2CC3CC(C2)CC1C3. The molecule has 4 aliphatic carbocycles. The molecule has 0 aromatic heterocycles.